The fraction of sp³-hybridized carbons (Fsp3) is 0.176. The van der Waals surface area contributed by atoms with Gasteiger partial charge in [0, 0.05) is 5.75 Å². The summed E-state index contributed by atoms with van der Waals surface area (Å²) in [4.78, 5) is 0.791. The van der Waals surface area contributed by atoms with Crippen molar-refractivity contribution in [2.24, 2.45) is 0 Å². The van der Waals surface area contributed by atoms with E-state index in [1.165, 1.54) is 12.1 Å². The quantitative estimate of drug-likeness (QED) is 0.371. The summed E-state index contributed by atoms with van der Waals surface area (Å²) in [6.45, 7) is 0. The summed E-state index contributed by atoms with van der Waals surface area (Å²) < 4.78 is 29.9. The van der Waals surface area contributed by atoms with E-state index in [0.29, 0.717) is 5.75 Å². The van der Waals surface area contributed by atoms with Crippen molar-refractivity contribution >= 4 is 32.8 Å². The maximum Gasteiger partial charge on any atom is 0.153 e. The number of methoxy groups -OCH3 is 1. The van der Waals surface area contributed by atoms with Gasteiger partial charge in [0.05, 0.1) is 7.11 Å². The average Bonchev–Trinajstić information content (AvgIpc) is 2.59. The van der Waals surface area contributed by atoms with E-state index in [2.05, 4.69) is 0 Å². The molecule has 2 aromatic carbocycles. The molecule has 0 aliphatic heterocycles. The van der Waals surface area contributed by atoms with Crippen molar-refractivity contribution in [3.8, 4) is 5.75 Å². The normalized spacial score (nSPS) is 12.5. The summed E-state index contributed by atoms with van der Waals surface area (Å²) in [6.07, 6.45) is 1.91. The van der Waals surface area contributed by atoms with Crippen molar-refractivity contribution in [1.29, 1.82) is 0 Å². The summed E-state index contributed by atoms with van der Waals surface area (Å²) in [7, 11) is 4.85. The maximum atomic E-state index is 12.8. The molecule has 2 rings (SSSR count). The zero-order valence-corrected chi connectivity index (χ0v) is 15.1. The Morgan fingerprint density at radius 2 is 1.83 bits per heavy atom. The van der Waals surface area contributed by atoms with Gasteiger partial charge in [0.1, 0.15) is 17.3 Å². The van der Waals surface area contributed by atoms with Crippen molar-refractivity contribution in [3.63, 3.8) is 0 Å². The van der Waals surface area contributed by atoms with Gasteiger partial charge in [-0.25, -0.2) is 4.39 Å². The Morgan fingerprint density at radius 3 is 2.48 bits per heavy atom. The second-order valence-corrected chi connectivity index (χ2v) is 8.31. The zero-order chi connectivity index (χ0) is 16.5. The van der Waals surface area contributed by atoms with Crippen molar-refractivity contribution in [2.45, 2.75) is 10.6 Å². The van der Waals surface area contributed by atoms with E-state index >= 15 is 0 Å². The first-order chi connectivity index (χ1) is 11.2. The highest BCUT2D eigenvalue weighted by Gasteiger charge is 2.08. The molecule has 2 nitrogen and oxygen atoms in total. The van der Waals surface area contributed by atoms with Crippen LogP contribution in [-0.4, -0.2) is 17.4 Å². The fourth-order valence-corrected chi connectivity index (χ4v) is 4.47. The molecule has 6 heteroatoms. The molecule has 0 bridgehead atoms. The SMILES string of the molecule is COc1ccc([S+]([O-])C/C=C\SSCc2ccc(F)cc2)cc1. The van der Waals surface area contributed by atoms with Gasteiger partial charge in [-0.1, -0.05) is 33.7 Å². The van der Waals surface area contributed by atoms with Crippen LogP contribution in [-0.2, 0) is 16.9 Å². The topological polar surface area (TPSA) is 32.3 Å². The number of hydrogen-bond acceptors (Lipinski definition) is 4. The summed E-state index contributed by atoms with van der Waals surface area (Å²) in [5, 5.41) is 1.94. The molecule has 0 saturated carbocycles. The second-order valence-electron chi connectivity index (χ2n) is 4.54. The third kappa shape index (κ3) is 6.51. The predicted octanol–water partition coefficient (Wildman–Crippen LogP) is 5.04. The van der Waals surface area contributed by atoms with Gasteiger partial charge in [-0.05, 0) is 64.6 Å². The van der Waals surface area contributed by atoms with E-state index in [0.717, 1.165) is 22.0 Å². The lowest BCUT2D eigenvalue weighted by atomic mass is 10.2. The summed E-state index contributed by atoms with van der Waals surface area (Å²) in [5.41, 5.74) is 1.08. The smallest absolute Gasteiger partial charge is 0.153 e. The minimum Gasteiger partial charge on any atom is -0.611 e. The van der Waals surface area contributed by atoms with E-state index in [4.69, 9.17) is 4.74 Å². The van der Waals surface area contributed by atoms with Gasteiger partial charge >= 0.3 is 0 Å². The second kappa shape index (κ2) is 9.93. The fourth-order valence-electron chi connectivity index (χ4n) is 1.71. The Bertz CT molecular complexity index is 615. The van der Waals surface area contributed by atoms with E-state index in [9.17, 15) is 8.94 Å². The standard InChI is InChI=1S/C17H17FO2S3/c1-20-16-7-9-17(10-8-16)23(19)12-2-11-21-22-13-14-3-5-15(18)6-4-14/h2-11H,12-13H2,1H3/b11-2-. The number of rotatable bonds is 8. The van der Waals surface area contributed by atoms with Crippen LogP contribution in [0.3, 0.4) is 0 Å². The van der Waals surface area contributed by atoms with Crippen LogP contribution in [0.25, 0.3) is 0 Å². The van der Waals surface area contributed by atoms with Crippen LogP contribution in [0.4, 0.5) is 4.39 Å². The molecule has 0 N–H and O–H groups in total. The van der Waals surface area contributed by atoms with Crippen LogP contribution in [0.1, 0.15) is 5.56 Å². The van der Waals surface area contributed by atoms with Crippen molar-refractivity contribution in [3.05, 3.63) is 71.4 Å². The third-order valence-electron chi connectivity index (χ3n) is 2.93. The highest BCUT2D eigenvalue weighted by atomic mass is 33.1. The van der Waals surface area contributed by atoms with Crippen molar-refractivity contribution in [1.82, 2.24) is 0 Å². The van der Waals surface area contributed by atoms with Gasteiger partial charge in [0.2, 0.25) is 0 Å². The van der Waals surface area contributed by atoms with E-state index in [1.807, 2.05) is 35.7 Å². The lowest BCUT2D eigenvalue weighted by molar-refractivity contribution is 0.414. The highest BCUT2D eigenvalue weighted by Crippen LogP contribution is 2.27. The molecule has 0 amide bonds. The first-order valence-electron chi connectivity index (χ1n) is 6.89. The molecule has 0 spiro atoms. The van der Waals surface area contributed by atoms with Crippen molar-refractivity contribution < 1.29 is 13.7 Å². The predicted molar refractivity (Wildman–Crippen MR) is 98.7 cm³/mol. The molecule has 2 aromatic rings. The van der Waals surface area contributed by atoms with Gasteiger partial charge in [-0.15, -0.1) is 0 Å². The molecule has 23 heavy (non-hydrogen) atoms. The highest BCUT2D eigenvalue weighted by molar-refractivity contribution is 8.77. The van der Waals surface area contributed by atoms with Crippen LogP contribution in [0.15, 0.2) is 64.9 Å². The Hall–Kier alpha value is -1.08. The van der Waals surface area contributed by atoms with Crippen molar-refractivity contribution in [2.75, 3.05) is 12.9 Å². The monoisotopic (exact) mass is 368 g/mol. The molecule has 0 fully saturated rings. The molecule has 1 atom stereocenters. The van der Waals surface area contributed by atoms with Crippen LogP contribution in [0.2, 0.25) is 0 Å². The molecule has 0 aliphatic carbocycles. The van der Waals surface area contributed by atoms with Crippen LogP contribution in [0, 0.1) is 5.82 Å². The number of hydrogen-bond donors (Lipinski definition) is 0. The van der Waals surface area contributed by atoms with Crippen LogP contribution in [0.5, 0.6) is 5.75 Å². The zero-order valence-electron chi connectivity index (χ0n) is 12.6. The Balaban J connectivity index is 1.68. The lowest BCUT2D eigenvalue weighted by Crippen LogP contribution is -2.04. The Kier molecular flexibility index (Phi) is 7.88. The minimum absolute atomic E-state index is 0.215. The first-order valence-corrected chi connectivity index (χ1v) is 10.6. The van der Waals surface area contributed by atoms with Gasteiger partial charge in [-0.3, -0.25) is 0 Å². The molecule has 0 heterocycles. The molecular weight excluding hydrogens is 351 g/mol. The molecule has 0 saturated heterocycles. The molecule has 0 aliphatic rings. The molecule has 1 unspecified atom stereocenters. The van der Waals surface area contributed by atoms with Crippen LogP contribution < -0.4 is 4.74 Å². The summed E-state index contributed by atoms with van der Waals surface area (Å²) in [6, 6.07) is 13.8. The largest absolute Gasteiger partial charge is 0.611 e. The third-order valence-corrected chi connectivity index (χ3v) is 6.21. The molecule has 0 radical (unpaired) electrons. The molecule has 0 aromatic heterocycles. The number of benzene rings is 2. The number of halogens is 1. The Labute approximate surface area is 147 Å². The van der Waals surface area contributed by atoms with E-state index < -0.39 is 11.2 Å². The maximum absolute atomic E-state index is 12.8. The lowest BCUT2D eigenvalue weighted by Gasteiger charge is -2.08. The summed E-state index contributed by atoms with van der Waals surface area (Å²) >= 11 is -1.04. The molecular formula is C17H17FO2S3. The number of ether oxygens (including phenoxy) is 1. The molecule has 122 valence electrons. The van der Waals surface area contributed by atoms with E-state index in [-0.39, 0.29) is 5.82 Å². The first kappa shape index (κ1) is 18.3. The minimum atomic E-state index is -1.04. The Morgan fingerprint density at radius 1 is 1.13 bits per heavy atom. The van der Waals surface area contributed by atoms with Gasteiger partial charge < -0.3 is 9.29 Å². The average molecular weight is 369 g/mol. The van der Waals surface area contributed by atoms with Crippen LogP contribution >= 0.6 is 21.6 Å². The summed E-state index contributed by atoms with van der Waals surface area (Å²) in [5.74, 6) is 1.83. The van der Waals surface area contributed by atoms with E-state index in [1.54, 1.807) is 40.8 Å². The van der Waals surface area contributed by atoms with Gasteiger partial charge in [0.25, 0.3) is 0 Å². The van der Waals surface area contributed by atoms with Gasteiger partial charge in [0.15, 0.2) is 4.90 Å². The van der Waals surface area contributed by atoms with Gasteiger partial charge in [-0.2, -0.15) is 0 Å².